The number of nitrogens with zero attached hydrogens (tertiary/aromatic N) is 1. The molecule has 0 radical (unpaired) electrons. The SMILES string of the molecule is CCCCCC[n+]1ccccc1.FC(F)(F)C(F)(F)[PH-](F)(F)(C(F)(F)C(F)(F)F)C(F)(F)C(F)(F)F. The Morgan fingerprint density at radius 1 is 0.528 bits per heavy atom. The van der Waals surface area contributed by atoms with Crippen molar-refractivity contribution in [2.45, 2.75) is 74.7 Å². The molecule has 0 aliphatic carbocycles. The van der Waals surface area contributed by atoms with Crippen LogP contribution in [0, 0.1) is 0 Å². The van der Waals surface area contributed by atoms with Crippen LogP contribution in [-0.4, -0.2) is 35.5 Å². The summed E-state index contributed by atoms with van der Waals surface area (Å²) >= 11 is 0. The Morgan fingerprint density at radius 3 is 1.14 bits per heavy atom. The number of aryl methyl sites for hydroxylation is 1. The topological polar surface area (TPSA) is 3.88 Å². The third-order valence-electron chi connectivity index (χ3n) is 4.77. The van der Waals surface area contributed by atoms with Crippen molar-refractivity contribution in [1.82, 2.24) is 0 Å². The Morgan fingerprint density at radius 2 is 0.861 bits per heavy atom. The molecular formula is C17H19F17NP. The second-order valence-corrected chi connectivity index (χ2v) is 11.3. The van der Waals surface area contributed by atoms with Crippen LogP contribution in [0.25, 0.3) is 0 Å². The number of hydrogen-bond donors (Lipinski definition) is 0. The predicted molar refractivity (Wildman–Crippen MR) is 94.3 cm³/mol. The van der Waals surface area contributed by atoms with Gasteiger partial charge < -0.3 is 0 Å². The molecule has 0 N–H and O–H groups in total. The first-order valence-electron chi connectivity index (χ1n) is 9.59. The molecule has 19 heteroatoms. The molecule has 1 nitrogen and oxygen atoms in total. The summed E-state index contributed by atoms with van der Waals surface area (Å²) in [6.07, 6.45) is -15.2. The third kappa shape index (κ3) is 5.62. The molecule has 0 amide bonds. The molecule has 1 aromatic heterocycles. The summed E-state index contributed by atoms with van der Waals surface area (Å²) in [5, 5.41) is 0. The van der Waals surface area contributed by atoms with Gasteiger partial charge in [-0.2, -0.15) is 0 Å². The maximum atomic E-state index is 13.4. The molecule has 0 aliphatic rings. The third-order valence-corrected chi connectivity index (χ3v) is 8.93. The Kier molecular flexibility index (Phi) is 10.2. The summed E-state index contributed by atoms with van der Waals surface area (Å²) in [7, 11) is -13.1. The number of rotatable bonds is 8. The summed E-state index contributed by atoms with van der Waals surface area (Å²) in [6, 6.07) is 6.22. The predicted octanol–water partition coefficient (Wildman–Crippen LogP) is 9.06. The van der Waals surface area contributed by atoms with Crippen LogP contribution >= 0.6 is 7.22 Å². The van der Waals surface area contributed by atoms with Gasteiger partial charge in [0.15, 0.2) is 12.4 Å². The molecule has 0 bridgehead atoms. The van der Waals surface area contributed by atoms with E-state index < -0.39 is 42.7 Å². The van der Waals surface area contributed by atoms with Gasteiger partial charge in [0, 0.05) is 18.6 Å². The monoisotopic (exact) mass is 591 g/mol. The average molecular weight is 591 g/mol. The van der Waals surface area contributed by atoms with Gasteiger partial charge in [-0.25, -0.2) is 4.57 Å². The van der Waals surface area contributed by atoms with Crippen molar-refractivity contribution in [3.8, 4) is 0 Å². The van der Waals surface area contributed by atoms with E-state index in [-0.39, 0.29) is 0 Å². The summed E-state index contributed by atoms with van der Waals surface area (Å²) in [4.78, 5) is 0. The summed E-state index contributed by atoms with van der Waals surface area (Å²) in [6.45, 7) is 3.41. The van der Waals surface area contributed by atoms with Crippen LogP contribution in [0.3, 0.4) is 0 Å². The van der Waals surface area contributed by atoms with Crippen LogP contribution in [0.4, 0.5) is 74.3 Å². The molecule has 0 unspecified atom stereocenters. The van der Waals surface area contributed by atoms with Gasteiger partial charge in [-0.1, -0.05) is 25.8 Å². The summed E-state index contributed by atoms with van der Waals surface area (Å²) < 4.78 is 211. The standard InChI is InChI=1S/C11H18N.C6HF17P/c1-2-3-4-6-9-12-10-7-5-8-11-12;7-1(8,9)4(16,17)24(22,23,5(18,19)2(10,11)12)6(20,21)3(13,14)15/h5,7-8,10-11H,2-4,6,9H2,1H3;24H/q+1;-1. The van der Waals surface area contributed by atoms with Crippen molar-refractivity contribution in [2.24, 2.45) is 0 Å². The van der Waals surface area contributed by atoms with Crippen molar-refractivity contribution in [3.05, 3.63) is 30.6 Å². The fourth-order valence-electron chi connectivity index (χ4n) is 2.64. The number of unbranched alkanes of at least 4 members (excludes halogenated alkanes) is 3. The quantitative estimate of drug-likeness (QED) is 0.123. The van der Waals surface area contributed by atoms with Gasteiger partial charge in [-0.3, -0.25) is 0 Å². The Hall–Kier alpha value is -1.61. The van der Waals surface area contributed by atoms with Gasteiger partial charge in [0.2, 0.25) is 0 Å². The van der Waals surface area contributed by atoms with Gasteiger partial charge in [0.1, 0.15) is 6.54 Å². The Balaban J connectivity index is 0.000000846. The minimum absolute atomic E-state index is 1.17. The number of hydrogen-bond acceptors (Lipinski definition) is 0. The molecule has 1 rings (SSSR count). The molecule has 0 saturated carbocycles. The zero-order chi connectivity index (χ0) is 29.1. The van der Waals surface area contributed by atoms with Crippen LogP contribution in [0.1, 0.15) is 32.6 Å². The van der Waals surface area contributed by atoms with Gasteiger partial charge in [-0.05, 0) is 6.42 Å². The summed E-state index contributed by atoms with van der Waals surface area (Å²) in [5.74, 6) is 0. The van der Waals surface area contributed by atoms with E-state index in [0.717, 1.165) is 0 Å². The van der Waals surface area contributed by atoms with Crippen molar-refractivity contribution in [1.29, 1.82) is 0 Å². The molecule has 36 heavy (non-hydrogen) atoms. The molecule has 0 aromatic carbocycles. The Labute approximate surface area is 192 Å². The van der Waals surface area contributed by atoms with Crippen molar-refractivity contribution >= 4 is 7.22 Å². The van der Waals surface area contributed by atoms with Gasteiger partial charge in [-0.15, -0.1) is 0 Å². The van der Waals surface area contributed by atoms with Crippen LogP contribution in [0.15, 0.2) is 30.6 Å². The van der Waals surface area contributed by atoms with E-state index in [1.165, 1.54) is 32.2 Å². The minimum atomic E-state index is -13.1. The average Bonchev–Trinajstić information content (AvgIpc) is 2.69. The molecule has 216 valence electrons. The van der Waals surface area contributed by atoms with E-state index in [4.69, 9.17) is 0 Å². The van der Waals surface area contributed by atoms with Crippen molar-refractivity contribution in [3.63, 3.8) is 0 Å². The van der Waals surface area contributed by atoms with Crippen LogP contribution < -0.4 is 4.57 Å². The molecule has 0 saturated heterocycles. The number of pyridine rings is 1. The first kappa shape index (κ1) is 34.4. The van der Waals surface area contributed by atoms with Crippen molar-refractivity contribution < 1.29 is 78.8 Å². The number of aromatic nitrogens is 1. The van der Waals surface area contributed by atoms with Crippen LogP contribution in [0.2, 0.25) is 0 Å². The van der Waals surface area contributed by atoms with E-state index in [1.54, 1.807) is 0 Å². The molecule has 1 aromatic rings. The zero-order valence-electron chi connectivity index (χ0n) is 17.8. The fraction of sp³-hybridized carbons (Fsp3) is 0.706. The molecule has 0 atom stereocenters. The maximum absolute atomic E-state index is 13.4. The zero-order valence-corrected chi connectivity index (χ0v) is 18.8. The molecular weight excluding hydrogens is 572 g/mol. The molecule has 0 spiro atoms. The second kappa shape index (κ2) is 10.6. The van der Waals surface area contributed by atoms with Crippen molar-refractivity contribution in [2.75, 3.05) is 0 Å². The van der Waals surface area contributed by atoms with E-state index >= 15 is 0 Å². The molecule has 1 heterocycles. The second-order valence-electron chi connectivity index (χ2n) is 7.40. The van der Waals surface area contributed by atoms with Gasteiger partial charge in [0.05, 0.1) is 0 Å². The first-order chi connectivity index (χ1) is 15.7. The van der Waals surface area contributed by atoms with E-state index in [2.05, 4.69) is 42.1 Å². The van der Waals surface area contributed by atoms with Crippen LogP contribution in [0.5, 0.6) is 0 Å². The Bertz CT molecular complexity index is 755. The van der Waals surface area contributed by atoms with E-state index in [1.807, 2.05) is 0 Å². The number of alkyl halides is 15. The van der Waals surface area contributed by atoms with Gasteiger partial charge >= 0.3 is 117 Å². The van der Waals surface area contributed by atoms with Gasteiger partial charge in [0.25, 0.3) is 0 Å². The summed E-state index contributed by atoms with van der Waals surface area (Å²) in [5.41, 5.74) is -27.0. The molecule has 0 fully saturated rings. The van der Waals surface area contributed by atoms with E-state index in [0.29, 0.717) is 0 Å². The fourth-order valence-corrected chi connectivity index (χ4v) is 5.32. The normalized spacial score (nSPS) is 15.6. The van der Waals surface area contributed by atoms with Crippen LogP contribution in [-0.2, 0) is 6.54 Å². The van der Waals surface area contributed by atoms with E-state index in [9.17, 15) is 74.3 Å². The molecule has 0 aliphatic heterocycles. The first-order valence-corrected chi connectivity index (χ1v) is 11.8. The number of halogens is 17.